The van der Waals surface area contributed by atoms with Crippen molar-refractivity contribution in [3.8, 4) is 11.4 Å². The number of aliphatic hydroxyl groups excluding tert-OH is 1. The van der Waals surface area contributed by atoms with Gasteiger partial charge in [-0.05, 0) is 47.2 Å². The molecule has 130 valence electrons. The maximum atomic E-state index is 10.1. The van der Waals surface area contributed by atoms with E-state index in [1.165, 1.54) is 4.80 Å². The fraction of sp³-hybridized carbons (Fsp3) is 0.235. The highest BCUT2D eigenvalue weighted by Crippen LogP contribution is 2.17. The van der Waals surface area contributed by atoms with Gasteiger partial charge < -0.3 is 9.84 Å². The lowest BCUT2D eigenvalue weighted by Crippen LogP contribution is -2.23. The summed E-state index contributed by atoms with van der Waals surface area (Å²) >= 11 is 9.22. The SMILES string of the molecule is OC(COCc1ccc(Cl)cc1)Cn1nnc(-c2ccc(Br)cc2)n1. The Hall–Kier alpha value is -1.80. The van der Waals surface area contributed by atoms with Crippen LogP contribution < -0.4 is 0 Å². The molecule has 8 heteroatoms. The predicted molar refractivity (Wildman–Crippen MR) is 98.1 cm³/mol. The summed E-state index contributed by atoms with van der Waals surface area (Å²) in [6.45, 7) is 0.797. The quantitative estimate of drug-likeness (QED) is 0.631. The Morgan fingerprint density at radius 1 is 1.12 bits per heavy atom. The average Bonchev–Trinajstić information content (AvgIpc) is 3.06. The summed E-state index contributed by atoms with van der Waals surface area (Å²) in [5.74, 6) is 0.516. The molecule has 25 heavy (non-hydrogen) atoms. The van der Waals surface area contributed by atoms with Crippen LogP contribution in [0.5, 0.6) is 0 Å². The molecule has 3 rings (SSSR count). The van der Waals surface area contributed by atoms with Crippen molar-refractivity contribution < 1.29 is 9.84 Å². The maximum Gasteiger partial charge on any atom is 0.204 e. The van der Waals surface area contributed by atoms with Crippen molar-refractivity contribution in [3.63, 3.8) is 0 Å². The second-order valence-electron chi connectivity index (χ2n) is 5.47. The fourth-order valence-electron chi connectivity index (χ4n) is 2.17. The van der Waals surface area contributed by atoms with E-state index in [0.29, 0.717) is 17.5 Å². The summed E-state index contributed by atoms with van der Waals surface area (Å²) in [7, 11) is 0. The van der Waals surface area contributed by atoms with Gasteiger partial charge in [0.2, 0.25) is 5.82 Å². The molecule has 0 radical (unpaired) electrons. The molecule has 0 amide bonds. The van der Waals surface area contributed by atoms with Crippen molar-refractivity contribution in [2.75, 3.05) is 6.61 Å². The van der Waals surface area contributed by atoms with Gasteiger partial charge in [0.25, 0.3) is 0 Å². The zero-order valence-electron chi connectivity index (χ0n) is 13.2. The first kappa shape index (κ1) is 18.0. The molecule has 2 aromatic carbocycles. The number of hydrogen-bond acceptors (Lipinski definition) is 5. The van der Waals surface area contributed by atoms with E-state index in [-0.39, 0.29) is 13.2 Å². The molecule has 1 atom stereocenters. The Bertz CT molecular complexity index is 808. The first-order valence-electron chi connectivity index (χ1n) is 7.64. The summed E-state index contributed by atoms with van der Waals surface area (Å²) in [5, 5.41) is 23.0. The highest BCUT2D eigenvalue weighted by atomic mass is 79.9. The number of aliphatic hydroxyl groups is 1. The smallest absolute Gasteiger partial charge is 0.204 e. The van der Waals surface area contributed by atoms with Crippen LogP contribution in [0.15, 0.2) is 53.0 Å². The molecular weight excluding hydrogens is 408 g/mol. The first-order chi connectivity index (χ1) is 12.1. The van der Waals surface area contributed by atoms with Crippen LogP contribution in [0.25, 0.3) is 11.4 Å². The van der Waals surface area contributed by atoms with Crippen molar-refractivity contribution in [2.45, 2.75) is 19.3 Å². The Morgan fingerprint density at radius 2 is 1.84 bits per heavy atom. The standard InChI is InChI=1S/C17H16BrClN4O2/c18-14-5-3-13(4-6-14)17-20-22-23(21-17)9-16(24)11-25-10-12-1-7-15(19)8-2-12/h1-8,16,24H,9-11H2. The minimum Gasteiger partial charge on any atom is -0.389 e. The summed E-state index contributed by atoms with van der Waals surface area (Å²) in [6, 6.07) is 15.0. The van der Waals surface area contributed by atoms with Gasteiger partial charge in [-0.1, -0.05) is 39.7 Å². The van der Waals surface area contributed by atoms with E-state index in [9.17, 15) is 5.11 Å². The summed E-state index contributed by atoms with van der Waals surface area (Å²) in [6.07, 6.45) is -0.723. The van der Waals surface area contributed by atoms with Gasteiger partial charge in [-0.2, -0.15) is 4.80 Å². The number of aromatic nitrogens is 4. The van der Waals surface area contributed by atoms with Gasteiger partial charge in [0, 0.05) is 15.1 Å². The van der Waals surface area contributed by atoms with Gasteiger partial charge >= 0.3 is 0 Å². The Morgan fingerprint density at radius 3 is 2.56 bits per heavy atom. The lowest BCUT2D eigenvalue weighted by atomic mass is 10.2. The van der Waals surface area contributed by atoms with Gasteiger partial charge in [0.15, 0.2) is 0 Å². The number of ether oxygens (including phenoxy) is 1. The average molecular weight is 424 g/mol. The van der Waals surface area contributed by atoms with Gasteiger partial charge in [-0.25, -0.2) is 0 Å². The number of tetrazole rings is 1. The van der Waals surface area contributed by atoms with Gasteiger partial charge in [0.1, 0.15) is 0 Å². The lowest BCUT2D eigenvalue weighted by molar-refractivity contribution is 0.0165. The van der Waals surface area contributed by atoms with Crippen LogP contribution in [0, 0.1) is 0 Å². The number of halogens is 2. The lowest BCUT2D eigenvalue weighted by Gasteiger charge is -2.10. The van der Waals surface area contributed by atoms with E-state index in [1.807, 2.05) is 36.4 Å². The molecule has 0 aliphatic rings. The molecule has 0 bridgehead atoms. The second-order valence-corrected chi connectivity index (χ2v) is 6.82. The van der Waals surface area contributed by atoms with Crippen LogP contribution in [-0.2, 0) is 17.9 Å². The van der Waals surface area contributed by atoms with Crippen LogP contribution in [0.4, 0.5) is 0 Å². The van der Waals surface area contributed by atoms with E-state index in [4.69, 9.17) is 16.3 Å². The molecule has 0 spiro atoms. The summed E-state index contributed by atoms with van der Waals surface area (Å²) in [4.78, 5) is 1.37. The first-order valence-corrected chi connectivity index (χ1v) is 8.81. The van der Waals surface area contributed by atoms with Crippen LogP contribution in [-0.4, -0.2) is 38.0 Å². The molecule has 3 aromatic rings. The van der Waals surface area contributed by atoms with Crippen LogP contribution in [0.3, 0.4) is 0 Å². The molecule has 0 saturated heterocycles. The summed E-state index contributed by atoms with van der Waals surface area (Å²) in [5.41, 5.74) is 1.86. The van der Waals surface area contributed by atoms with E-state index in [2.05, 4.69) is 31.3 Å². The highest BCUT2D eigenvalue weighted by Gasteiger charge is 2.10. The highest BCUT2D eigenvalue weighted by molar-refractivity contribution is 9.10. The van der Waals surface area contributed by atoms with Crippen molar-refractivity contribution in [1.29, 1.82) is 0 Å². The summed E-state index contributed by atoms with van der Waals surface area (Å²) < 4.78 is 6.49. The molecule has 1 heterocycles. The molecule has 1 aromatic heterocycles. The van der Waals surface area contributed by atoms with E-state index in [0.717, 1.165) is 15.6 Å². The Balaban J connectivity index is 1.48. The molecule has 6 nitrogen and oxygen atoms in total. The Labute approximate surface area is 158 Å². The Kier molecular flexibility index (Phi) is 6.14. The number of nitrogens with zero attached hydrogens (tertiary/aromatic N) is 4. The number of hydrogen-bond donors (Lipinski definition) is 1. The molecule has 1 N–H and O–H groups in total. The largest absolute Gasteiger partial charge is 0.389 e. The van der Waals surface area contributed by atoms with Crippen molar-refractivity contribution in [3.05, 3.63) is 63.6 Å². The predicted octanol–water partition coefficient (Wildman–Crippen LogP) is 3.33. The zero-order chi connectivity index (χ0) is 17.6. The van der Waals surface area contributed by atoms with E-state index in [1.54, 1.807) is 12.1 Å². The molecule has 0 saturated carbocycles. The second kappa shape index (κ2) is 8.53. The third kappa shape index (κ3) is 5.34. The number of rotatable bonds is 7. The molecule has 1 unspecified atom stereocenters. The molecule has 0 fully saturated rings. The third-order valence-electron chi connectivity index (χ3n) is 3.42. The minimum absolute atomic E-state index is 0.178. The van der Waals surface area contributed by atoms with Gasteiger partial charge in [0.05, 0.1) is 25.9 Å². The van der Waals surface area contributed by atoms with E-state index < -0.39 is 6.10 Å². The van der Waals surface area contributed by atoms with Gasteiger partial charge in [-0.15, -0.1) is 10.2 Å². The van der Waals surface area contributed by atoms with Crippen LogP contribution in [0.2, 0.25) is 5.02 Å². The van der Waals surface area contributed by atoms with Crippen LogP contribution in [0.1, 0.15) is 5.56 Å². The minimum atomic E-state index is -0.723. The number of benzene rings is 2. The van der Waals surface area contributed by atoms with Crippen molar-refractivity contribution in [1.82, 2.24) is 20.2 Å². The fourth-order valence-corrected chi connectivity index (χ4v) is 2.56. The molecule has 0 aliphatic carbocycles. The zero-order valence-corrected chi connectivity index (χ0v) is 15.6. The van der Waals surface area contributed by atoms with Crippen LogP contribution >= 0.6 is 27.5 Å². The van der Waals surface area contributed by atoms with E-state index >= 15 is 0 Å². The monoisotopic (exact) mass is 422 g/mol. The van der Waals surface area contributed by atoms with Crippen molar-refractivity contribution >= 4 is 27.5 Å². The molecule has 0 aliphatic heterocycles. The third-order valence-corrected chi connectivity index (χ3v) is 4.20. The molecular formula is C17H16BrClN4O2. The van der Waals surface area contributed by atoms with Crippen molar-refractivity contribution in [2.24, 2.45) is 0 Å². The maximum absolute atomic E-state index is 10.1. The topological polar surface area (TPSA) is 73.1 Å². The normalized spacial score (nSPS) is 12.3. The van der Waals surface area contributed by atoms with Gasteiger partial charge in [-0.3, -0.25) is 0 Å².